The van der Waals surface area contributed by atoms with E-state index in [2.05, 4.69) is 10.3 Å². The molecule has 3 heterocycles. The Morgan fingerprint density at radius 1 is 1.22 bits per heavy atom. The van der Waals surface area contributed by atoms with Gasteiger partial charge in [0.1, 0.15) is 5.56 Å². The van der Waals surface area contributed by atoms with Crippen molar-refractivity contribution < 1.29 is 19.4 Å². The summed E-state index contributed by atoms with van der Waals surface area (Å²) in [6.45, 7) is 7.53. The van der Waals surface area contributed by atoms with Crippen LogP contribution < -0.4 is 10.1 Å². The van der Waals surface area contributed by atoms with Gasteiger partial charge in [0.05, 0.1) is 6.61 Å². The maximum absolute atomic E-state index is 12.8. The van der Waals surface area contributed by atoms with Crippen molar-refractivity contribution in [1.82, 2.24) is 15.2 Å². The number of piperidine rings is 2. The molecule has 0 spiro atoms. The minimum Gasteiger partial charge on any atom is -0.481 e. The summed E-state index contributed by atoms with van der Waals surface area (Å²) in [6.07, 6.45) is 6.50. The Balaban J connectivity index is 0.000000596. The van der Waals surface area contributed by atoms with Crippen molar-refractivity contribution >= 4 is 11.9 Å². The van der Waals surface area contributed by atoms with E-state index in [0.29, 0.717) is 18.1 Å². The van der Waals surface area contributed by atoms with Crippen LogP contribution in [0.3, 0.4) is 0 Å². The molecule has 0 bridgehead atoms. The van der Waals surface area contributed by atoms with E-state index in [9.17, 15) is 4.79 Å². The van der Waals surface area contributed by atoms with Gasteiger partial charge < -0.3 is 20.1 Å². The number of pyridine rings is 1. The van der Waals surface area contributed by atoms with Crippen molar-refractivity contribution in [3.63, 3.8) is 0 Å². The molecule has 0 atom stereocenters. The van der Waals surface area contributed by atoms with Crippen LogP contribution in [0.4, 0.5) is 0 Å². The molecule has 150 valence electrons. The maximum Gasteiger partial charge on any atom is 0.300 e. The van der Waals surface area contributed by atoms with Crippen LogP contribution in [0.2, 0.25) is 0 Å². The second-order valence-electron chi connectivity index (χ2n) is 7.03. The van der Waals surface area contributed by atoms with Gasteiger partial charge in [-0.25, -0.2) is 4.98 Å². The molecule has 0 radical (unpaired) electrons. The van der Waals surface area contributed by atoms with Crippen LogP contribution in [0.25, 0.3) is 0 Å². The van der Waals surface area contributed by atoms with E-state index >= 15 is 0 Å². The molecule has 0 aromatic carbocycles. The van der Waals surface area contributed by atoms with Gasteiger partial charge in [0.15, 0.2) is 0 Å². The highest BCUT2D eigenvalue weighted by atomic mass is 16.5. The largest absolute Gasteiger partial charge is 0.481 e. The van der Waals surface area contributed by atoms with Crippen LogP contribution in [0, 0.1) is 11.8 Å². The summed E-state index contributed by atoms with van der Waals surface area (Å²) >= 11 is 0. The molecule has 2 fully saturated rings. The third kappa shape index (κ3) is 6.50. The van der Waals surface area contributed by atoms with Gasteiger partial charge in [-0.05, 0) is 69.7 Å². The lowest BCUT2D eigenvalue weighted by Gasteiger charge is -2.37. The summed E-state index contributed by atoms with van der Waals surface area (Å²) in [5.74, 6) is 1.30. The van der Waals surface area contributed by atoms with E-state index in [1.54, 1.807) is 12.3 Å². The molecule has 2 aliphatic heterocycles. The topological polar surface area (TPSA) is 91.8 Å². The predicted molar refractivity (Wildman–Crippen MR) is 103 cm³/mol. The number of ether oxygens (including phenoxy) is 1. The van der Waals surface area contributed by atoms with E-state index < -0.39 is 5.97 Å². The van der Waals surface area contributed by atoms with Crippen molar-refractivity contribution in [3.8, 4) is 5.88 Å². The number of rotatable bonds is 4. The van der Waals surface area contributed by atoms with Crippen molar-refractivity contribution in [2.45, 2.75) is 39.5 Å². The third-order valence-corrected chi connectivity index (χ3v) is 5.16. The summed E-state index contributed by atoms with van der Waals surface area (Å²) in [5, 5.41) is 10.9. The zero-order valence-electron chi connectivity index (χ0n) is 16.3. The zero-order valence-corrected chi connectivity index (χ0v) is 16.3. The fraction of sp³-hybridized carbons (Fsp3) is 0.650. The molecule has 0 aliphatic carbocycles. The number of aromatic nitrogens is 1. The number of likely N-dealkylation sites (tertiary alicyclic amines) is 1. The number of nitrogens with one attached hydrogen (secondary N) is 1. The summed E-state index contributed by atoms with van der Waals surface area (Å²) in [6, 6.07) is 3.62. The molecule has 2 N–H and O–H groups in total. The number of carboxylic acid groups (broad SMARTS) is 1. The standard InChI is InChI=1S/C18H27N3O2.C2H4O2/c1-2-23-17-16(4-3-9-20-17)18(22)21-12-7-15(8-13-21)14-5-10-19-11-6-14;1-2(3)4/h3-4,9,14-15,19H,2,5-8,10-13H2,1H3;1H3,(H,3,4). The van der Waals surface area contributed by atoms with Gasteiger partial charge >= 0.3 is 0 Å². The number of carbonyl (C=O) groups excluding carboxylic acids is 1. The molecular weight excluding hydrogens is 346 g/mol. The minimum absolute atomic E-state index is 0.0605. The minimum atomic E-state index is -0.833. The molecule has 7 nitrogen and oxygen atoms in total. The second kappa shape index (κ2) is 10.9. The van der Waals surface area contributed by atoms with Crippen LogP contribution in [0.5, 0.6) is 5.88 Å². The highest BCUT2D eigenvalue weighted by molar-refractivity contribution is 5.96. The van der Waals surface area contributed by atoms with E-state index in [-0.39, 0.29) is 5.91 Å². The lowest BCUT2D eigenvalue weighted by atomic mass is 9.79. The fourth-order valence-corrected chi connectivity index (χ4v) is 3.87. The average Bonchev–Trinajstić information content (AvgIpc) is 2.69. The maximum atomic E-state index is 12.8. The van der Waals surface area contributed by atoms with Crippen molar-refractivity contribution in [2.75, 3.05) is 32.8 Å². The van der Waals surface area contributed by atoms with E-state index in [1.807, 2.05) is 17.9 Å². The molecule has 2 saturated heterocycles. The molecule has 0 saturated carbocycles. The predicted octanol–water partition coefficient (Wildman–Crippen LogP) is 2.42. The summed E-state index contributed by atoms with van der Waals surface area (Å²) in [7, 11) is 0. The number of hydrogen-bond donors (Lipinski definition) is 2. The average molecular weight is 377 g/mol. The Morgan fingerprint density at radius 2 is 1.81 bits per heavy atom. The van der Waals surface area contributed by atoms with Gasteiger partial charge in [-0.15, -0.1) is 0 Å². The summed E-state index contributed by atoms with van der Waals surface area (Å²) < 4.78 is 5.50. The first-order valence-electron chi connectivity index (χ1n) is 9.80. The summed E-state index contributed by atoms with van der Waals surface area (Å²) in [5.41, 5.74) is 0.592. The first kappa shape index (κ1) is 21.2. The SMILES string of the molecule is CC(=O)O.CCOc1ncccc1C(=O)N1CCC(C2CCNCC2)CC1. The van der Waals surface area contributed by atoms with Crippen LogP contribution in [-0.2, 0) is 4.79 Å². The zero-order chi connectivity index (χ0) is 19.6. The number of amides is 1. The Bertz CT molecular complexity index is 605. The highest BCUT2D eigenvalue weighted by Gasteiger charge is 2.30. The fourth-order valence-electron chi connectivity index (χ4n) is 3.87. The third-order valence-electron chi connectivity index (χ3n) is 5.16. The number of hydrogen-bond acceptors (Lipinski definition) is 5. The monoisotopic (exact) mass is 377 g/mol. The molecule has 1 aromatic heterocycles. The van der Waals surface area contributed by atoms with Crippen LogP contribution >= 0.6 is 0 Å². The summed E-state index contributed by atoms with van der Waals surface area (Å²) in [4.78, 5) is 27.9. The number of aliphatic carboxylic acids is 1. The van der Waals surface area contributed by atoms with Crippen LogP contribution in [0.15, 0.2) is 18.3 Å². The Kier molecular flexibility index (Phi) is 8.51. The van der Waals surface area contributed by atoms with E-state index in [1.165, 1.54) is 12.8 Å². The van der Waals surface area contributed by atoms with Gasteiger partial charge in [-0.1, -0.05) is 0 Å². The number of nitrogens with zero attached hydrogens (tertiary/aromatic N) is 2. The quantitative estimate of drug-likeness (QED) is 0.837. The van der Waals surface area contributed by atoms with Gasteiger partial charge in [-0.2, -0.15) is 0 Å². The van der Waals surface area contributed by atoms with Crippen molar-refractivity contribution in [1.29, 1.82) is 0 Å². The Hall–Kier alpha value is -2.15. The van der Waals surface area contributed by atoms with Crippen molar-refractivity contribution in [3.05, 3.63) is 23.9 Å². The lowest BCUT2D eigenvalue weighted by Crippen LogP contribution is -2.42. The van der Waals surface area contributed by atoms with E-state index in [0.717, 1.165) is 57.8 Å². The normalized spacial score (nSPS) is 18.4. The highest BCUT2D eigenvalue weighted by Crippen LogP contribution is 2.31. The van der Waals surface area contributed by atoms with Crippen molar-refractivity contribution in [2.24, 2.45) is 11.8 Å². The smallest absolute Gasteiger partial charge is 0.300 e. The molecule has 7 heteroatoms. The lowest BCUT2D eigenvalue weighted by molar-refractivity contribution is -0.134. The molecular formula is C20H31N3O4. The molecule has 3 rings (SSSR count). The number of carboxylic acids is 1. The molecule has 2 aliphatic rings. The van der Waals surface area contributed by atoms with Crippen LogP contribution in [0.1, 0.15) is 49.9 Å². The Morgan fingerprint density at radius 3 is 2.41 bits per heavy atom. The first-order valence-corrected chi connectivity index (χ1v) is 9.80. The molecule has 0 unspecified atom stereocenters. The van der Waals surface area contributed by atoms with Gasteiger partial charge in [0, 0.05) is 26.2 Å². The Labute approximate surface area is 161 Å². The van der Waals surface area contributed by atoms with Gasteiger partial charge in [0.25, 0.3) is 11.9 Å². The first-order chi connectivity index (χ1) is 13.0. The van der Waals surface area contributed by atoms with E-state index in [4.69, 9.17) is 14.6 Å². The second-order valence-corrected chi connectivity index (χ2v) is 7.03. The van der Waals surface area contributed by atoms with Gasteiger partial charge in [-0.3, -0.25) is 9.59 Å². The molecule has 1 amide bonds. The molecule has 27 heavy (non-hydrogen) atoms. The van der Waals surface area contributed by atoms with Gasteiger partial charge in [0.2, 0.25) is 5.88 Å². The van der Waals surface area contributed by atoms with Crippen LogP contribution in [-0.4, -0.2) is 59.7 Å². The number of carbonyl (C=O) groups is 2. The molecule has 1 aromatic rings.